The highest BCUT2D eigenvalue weighted by Crippen LogP contribution is 2.33. The Morgan fingerprint density at radius 3 is 2.92 bits per heavy atom. The van der Waals surface area contributed by atoms with Crippen molar-refractivity contribution in [2.75, 3.05) is 37.8 Å². The Morgan fingerprint density at radius 2 is 2.08 bits per heavy atom. The average molecular weight is 551 g/mol. The molecule has 0 aliphatic carbocycles. The van der Waals surface area contributed by atoms with E-state index in [0.717, 1.165) is 38.2 Å². The molecule has 2 atom stereocenters. The van der Waals surface area contributed by atoms with E-state index < -0.39 is 5.82 Å². The Labute approximate surface area is 229 Å². The largest absolute Gasteiger partial charge is 0.381 e. The fourth-order valence-electron chi connectivity index (χ4n) is 5.80. The zero-order chi connectivity index (χ0) is 26.5. The summed E-state index contributed by atoms with van der Waals surface area (Å²) in [5.74, 6) is 1.28. The van der Waals surface area contributed by atoms with Crippen LogP contribution in [0, 0.1) is 11.7 Å². The first-order chi connectivity index (χ1) is 19.0. The summed E-state index contributed by atoms with van der Waals surface area (Å²) in [4.78, 5) is 25.3. The van der Waals surface area contributed by atoms with Crippen LogP contribution in [0.2, 0.25) is 5.02 Å². The van der Waals surface area contributed by atoms with Gasteiger partial charge in [-0.2, -0.15) is 5.10 Å². The highest BCUT2D eigenvalue weighted by Gasteiger charge is 2.28. The molecule has 2 saturated heterocycles. The zero-order valence-electron chi connectivity index (χ0n) is 21.4. The Balaban J connectivity index is 1.26. The van der Waals surface area contributed by atoms with Crippen LogP contribution in [0.25, 0.3) is 22.2 Å². The van der Waals surface area contributed by atoms with Crippen LogP contribution in [0.15, 0.2) is 41.5 Å². The first kappa shape index (κ1) is 24.7. The Bertz CT molecular complexity index is 1620. The van der Waals surface area contributed by atoms with E-state index in [9.17, 15) is 4.79 Å². The summed E-state index contributed by atoms with van der Waals surface area (Å²) in [5.41, 5.74) is 1.90. The summed E-state index contributed by atoms with van der Waals surface area (Å²) in [6, 6.07) is 6.28. The Hall–Kier alpha value is -3.34. The maximum atomic E-state index is 15.2. The molecule has 9 nitrogen and oxygen atoms in total. The van der Waals surface area contributed by atoms with Crippen molar-refractivity contribution in [1.82, 2.24) is 24.3 Å². The molecule has 3 aliphatic heterocycles. The molecule has 0 spiro atoms. The Morgan fingerprint density at radius 1 is 1.15 bits per heavy atom. The molecule has 11 heteroatoms. The number of morpholine rings is 1. The van der Waals surface area contributed by atoms with Gasteiger partial charge in [0, 0.05) is 67.5 Å². The lowest BCUT2D eigenvalue weighted by Crippen LogP contribution is -2.39. The molecule has 3 aromatic heterocycles. The third kappa shape index (κ3) is 4.60. The molecule has 0 amide bonds. The number of hydrogen-bond acceptors (Lipinski definition) is 7. The fraction of sp³-hybridized carbons (Fsp3) is 0.429. The summed E-state index contributed by atoms with van der Waals surface area (Å²) in [6.45, 7) is 4.63. The summed E-state index contributed by atoms with van der Waals surface area (Å²) in [7, 11) is 0. The quantitative estimate of drug-likeness (QED) is 0.371. The van der Waals surface area contributed by atoms with Crippen molar-refractivity contribution in [1.29, 1.82) is 0 Å². The second-order valence-electron chi connectivity index (χ2n) is 10.5. The maximum absolute atomic E-state index is 15.2. The lowest BCUT2D eigenvalue weighted by molar-refractivity contribution is 0.0394. The smallest absolute Gasteiger partial charge is 0.261 e. The maximum Gasteiger partial charge on any atom is 0.261 e. The highest BCUT2D eigenvalue weighted by atomic mass is 35.5. The number of rotatable bonds is 5. The van der Waals surface area contributed by atoms with E-state index in [1.807, 2.05) is 17.1 Å². The van der Waals surface area contributed by atoms with Crippen LogP contribution in [-0.4, -0.2) is 57.2 Å². The number of aromatic nitrogens is 5. The van der Waals surface area contributed by atoms with Crippen molar-refractivity contribution < 1.29 is 13.9 Å². The number of fused-ring (bicyclic) bond motifs is 2. The van der Waals surface area contributed by atoms with Gasteiger partial charge < -0.3 is 14.4 Å². The van der Waals surface area contributed by atoms with E-state index in [2.05, 4.69) is 10.00 Å². The molecule has 0 bridgehead atoms. The predicted octanol–water partition coefficient (Wildman–Crippen LogP) is 4.01. The zero-order valence-corrected chi connectivity index (χ0v) is 22.1. The molecule has 3 aliphatic rings. The standard InChI is InChI=1S/C28H28ClFN6O3/c29-19-3-4-20(22(30)10-19)26-27-21(28(37)36-6-1-2-24(36)32-27)11-25(33-26)34-7-9-39-23(15-34)18-12-31-35(14-18)13-17-5-8-38-16-17/h3-4,10-12,14,17,23H,1-2,5-9,13,15-16H2/t17?,23-/m1/s1. The van der Waals surface area contributed by atoms with E-state index in [0.29, 0.717) is 71.8 Å². The van der Waals surface area contributed by atoms with Crippen molar-refractivity contribution in [3.05, 3.63) is 69.2 Å². The molecule has 0 N–H and O–H groups in total. The SMILES string of the molecule is O=c1c2cc(N3CCO[C@@H](c4cnn(CC5CCOC5)c4)C3)nc(-c3ccc(Cl)cc3F)c2nc2n1CCC2. The minimum Gasteiger partial charge on any atom is -0.381 e. The van der Waals surface area contributed by atoms with Gasteiger partial charge in [-0.05, 0) is 37.1 Å². The molecule has 4 aromatic rings. The first-order valence-electron chi connectivity index (χ1n) is 13.4. The van der Waals surface area contributed by atoms with Crippen LogP contribution >= 0.6 is 11.6 Å². The first-order valence-corrected chi connectivity index (χ1v) is 13.8. The van der Waals surface area contributed by atoms with Gasteiger partial charge in [0.25, 0.3) is 5.56 Å². The Kier molecular flexibility index (Phi) is 6.33. The van der Waals surface area contributed by atoms with Crippen LogP contribution in [0.1, 0.15) is 30.3 Å². The van der Waals surface area contributed by atoms with E-state index >= 15 is 4.39 Å². The molecule has 39 heavy (non-hydrogen) atoms. The van der Waals surface area contributed by atoms with Gasteiger partial charge in [0.1, 0.15) is 34.8 Å². The van der Waals surface area contributed by atoms with Crippen molar-refractivity contribution in [2.45, 2.75) is 38.5 Å². The van der Waals surface area contributed by atoms with Crippen molar-refractivity contribution in [2.24, 2.45) is 5.92 Å². The highest BCUT2D eigenvalue weighted by molar-refractivity contribution is 6.30. The van der Waals surface area contributed by atoms with Crippen molar-refractivity contribution in [3.8, 4) is 11.3 Å². The molecule has 0 radical (unpaired) electrons. The number of nitrogens with zero attached hydrogens (tertiary/aromatic N) is 6. The van der Waals surface area contributed by atoms with Crippen LogP contribution in [0.3, 0.4) is 0 Å². The number of pyridine rings is 1. The van der Waals surface area contributed by atoms with Gasteiger partial charge in [-0.1, -0.05) is 11.6 Å². The summed E-state index contributed by atoms with van der Waals surface area (Å²) in [6.07, 6.45) is 6.30. The van der Waals surface area contributed by atoms with Crippen LogP contribution < -0.4 is 10.5 Å². The normalized spacial score (nSPS) is 21.1. The molecule has 1 unspecified atom stereocenters. The minimum atomic E-state index is -0.504. The van der Waals surface area contributed by atoms with Crippen molar-refractivity contribution in [3.63, 3.8) is 0 Å². The third-order valence-corrected chi connectivity index (χ3v) is 8.10. The summed E-state index contributed by atoms with van der Waals surface area (Å²) in [5, 5.41) is 5.28. The molecule has 7 rings (SSSR count). The second kappa shape index (κ2) is 10.0. The van der Waals surface area contributed by atoms with Crippen molar-refractivity contribution >= 4 is 28.3 Å². The van der Waals surface area contributed by atoms with E-state index in [4.69, 9.17) is 31.0 Å². The number of hydrogen-bond donors (Lipinski definition) is 0. The van der Waals surface area contributed by atoms with Gasteiger partial charge >= 0.3 is 0 Å². The molecular weight excluding hydrogens is 523 g/mol. The second-order valence-corrected chi connectivity index (χ2v) is 10.9. The molecule has 202 valence electrons. The van der Waals surface area contributed by atoms with Crippen LogP contribution in [0.5, 0.6) is 0 Å². The monoisotopic (exact) mass is 550 g/mol. The lowest BCUT2D eigenvalue weighted by atomic mass is 10.1. The van der Waals surface area contributed by atoms with Gasteiger partial charge in [-0.15, -0.1) is 0 Å². The summed E-state index contributed by atoms with van der Waals surface area (Å²) < 4.78 is 30.5. The summed E-state index contributed by atoms with van der Waals surface area (Å²) >= 11 is 6.04. The third-order valence-electron chi connectivity index (χ3n) is 7.86. The number of ether oxygens (including phenoxy) is 2. The predicted molar refractivity (Wildman–Crippen MR) is 145 cm³/mol. The molecule has 0 saturated carbocycles. The van der Waals surface area contributed by atoms with E-state index in [-0.39, 0.29) is 17.2 Å². The average Bonchev–Trinajstić information content (AvgIpc) is 3.72. The molecule has 6 heterocycles. The lowest BCUT2D eigenvalue weighted by Gasteiger charge is -2.33. The van der Waals surface area contributed by atoms with Gasteiger partial charge in [-0.25, -0.2) is 14.4 Å². The van der Waals surface area contributed by atoms with E-state index in [1.165, 1.54) is 6.07 Å². The fourth-order valence-corrected chi connectivity index (χ4v) is 5.96. The topological polar surface area (TPSA) is 87.3 Å². The molecule has 2 fully saturated rings. The molecular formula is C28H28ClFN6O3. The van der Waals surface area contributed by atoms with E-state index in [1.54, 1.807) is 22.8 Å². The minimum absolute atomic E-state index is 0.117. The van der Waals surface area contributed by atoms with Crippen LogP contribution in [0.4, 0.5) is 10.2 Å². The number of anilines is 1. The van der Waals surface area contributed by atoms with Gasteiger partial charge in [0.05, 0.1) is 24.8 Å². The molecule has 1 aromatic carbocycles. The van der Waals surface area contributed by atoms with Gasteiger partial charge in [-0.3, -0.25) is 14.0 Å². The number of benzene rings is 1. The number of aryl methyl sites for hydroxylation is 1. The van der Waals surface area contributed by atoms with Gasteiger partial charge in [0.2, 0.25) is 0 Å². The number of halogens is 2. The van der Waals surface area contributed by atoms with Crippen LogP contribution in [-0.2, 0) is 29.0 Å². The van der Waals surface area contributed by atoms with Gasteiger partial charge in [0.15, 0.2) is 0 Å².